The van der Waals surface area contributed by atoms with E-state index in [0.717, 1.165) is 0 Å². The van der Waals surface area contributed by atoms with Crippen molar-refractivity contribution in [2.75, 3.05) is 0 Å². The van der Waals surface area contributed by atoms with Crippen LogP contribution in [0, 0.1) is 0 Å². The molecule has 7 aromatic rings. The Morgan fingerprint density at radius 2 is 0.792 bits per heavy atom. The molecule has 1 aliphatic rings. The Balaban J connectivity index is 0.000000804. The fourth-order valence-corrected chi connectivity index (χ4v) is 12.1. The van der Waals surface area contributed by atoms with Crippen LogP contribution in [0.4, 0.5) is 0 Å². The minimum absolute atomic E-state index is 0.518. The Hall–Kier alpha value is -5.59. The van der Waals surface area contributed by atoms with Gasteiger partial charge in [-0.3, -0.25) is 0 Å². The van der Waals surface area contributed by atoms with Crippen LogP contribution < -0.4 is 27.8 Å². The standard InChI is InChI=1S/C36H30N3O6P3.C4H5N/c1-7-19-31(20-8-1)40-38-46(42-33-23-11-3-12-24-33)37-48(44-35-27-15-5-16-28-35,45-36-29-17-6-18-30-36)39(41-32-21-9-2-10-22-32)47(38)43-34-25-13-4-14-26-34;1-2-4-5-3-1/h1-30H;1-5H. The molecule has 13 heteroatoms. The number of nitrogens with zero attached hydrogens (tertiary/aromatic N) is 3. The molecule has 2 unspecified atom stereocenters. The zero-order valence-electron chi connectivity index (χ0n) is 28.3. The Labute approximate surface area is 311 Å². The molecule has 2 heterocycles. The van der Waals surface area contributed by atoms with E-state index in [1.807, 2.05) is 207 Å². The number of aromatic nitrogens is 1. The Kier molecular flexibility index (Phi) is 12.3. The van der Waals surface area contributed by atoms with Crippen molar-refractivity contribution in [2.45, 2.75) is 0 Å². The van der Waals surface area contributed by atoms with Crippen LogP contribution in [-0.2, 0) is 0 Å². The number of para-hydroxylation sites is 6. The highest BCUT2D eigenvalue weighted by Crippen LogP contribution is 2.77. The highest BCUT2D eigenvalue weighted by Gasteiger charge is 2.58. The van der Waals surface area contributed by atoms with Crippen LogP contribution in [0.2, 0.25) is 0 Å². The third-order valence-corrected chi connectivity index (χ3v) is 13.9. The molecule has 2 atom stereocenters. The molecular weight excluding hydrogens is 725 g/mol. The van der Waals surface area contributed by atoms with Crippen LogP contribution in [0.5, 0.6) is 34.5 Å². The number of benzene rings is 6. The van der Waals surface area contributed by atoms with Gasteiger partial charge in [0.1, 0.15) is 34.5 Å². The third-order valence-electron chi connectivity index (χ3n) is 7.00. The summed E-state index contributed by atoms with van der Waals surface area (Å²) in [6.07, 6.45) is 3.75. The van der Waals surface area contributed by atoms with E-state index in [1.54, 1.807) is 9.21 Å². The first-order valence-corrected chi connectivity index (χ1v) is 20.4. The Morgan fingerprint density at radius 1 is 0.415 bits per heavy atom. The minimum Gasteiger partial charge on any atom is -0.440 e. The van der Waals surface area contributed by atoms with Crippen molar-refractivity contribution < 1.29 is 27.8 Å². The summed E-state index contributed by atoms with van der Waals surface area (Å²) >= 11 is 0. The number of hydrogen-bond acceptors (Lipinski definition) is 9. The van der Waals surface area contributed by atoms with Gasteiger partial charge in [0, 0.05) is 21.6 Å². The van der Waals surface area contributed by atoms with Crippen LogP contribution in [0.25, 0.3) is 0 Å². The molecule has 1 N–H and O–H groups in total. The van der Waals surface area contributed by atoms with Crippen molar-refractivity contribution in [3.63, 3.8) is 0 Å². The number of rotatable bonds is 12. The average Bonchev–Trinajstić information content (AvgIpc) is 3.81. The fourth-order valence-electron chi connectivity index (χ4n) is 4.61. The molecule has 266 valence electrons. The van der Waals surface area contributed by atoms with Gasteiger partial charge in [-0.05, 0) is 84.9 Å². The summed E-state index contributed by atoms with van der Waals surface area (Å²) in [7, 11) is -7.86. The summed E-state index contributed by atoms with van der Waals surface area (Å²) in [5.41, 5.74) is 0. The average molecular weight is 761 g/mol. The lowest BCUT2D eigenvalue weighted by Gasteiger charge is -2.43. The largest absolute Gasteiger partial charge is 0.447 e. The molecule has 1 aliphatic heterocycles. The molecule has 6 aromatic carbocycles. The van der Waals surface area contributed by atoms with E-state index in [4.69, 9.17) is 32.3 Å². The summed E-state index contributed by atoms with van der Waals surface area (Å²) in [6.45, 7) is 0. The monoisotopic (exact) mass is 760 g/mol. The first kappa shape index (κ1) is 35.8. The summed E-state index contributed by atoms with van der Waals surface area (Å²) < 4.78 is 35.7. The van der Waals surface area contributed by atoms with Crippen molar-refractivity contribution in [3.8, 4) is 34.5 Å². The predicted octanol–water partition coefficient (Wildman–Crippen LogP) is 12.3. The Morgan fingerprint density at radius 3 is 1.21 bits per heavy atom. The van der Waals surface area contributed by atoms with E-state index in [1.165, 1.54) is 0 Å². The predicted molar refractivity (Wildman–Crippen MR) is 210 cm³/mol. The minimum atomic E-state index is -3.72. The highest BCUT2D eigenvalue weighted by molar-refractivity contribution is 7.78. The summed E-state index contributed by atoms with van der Waals surface area (Å²) in [5, 5.41) is 0. The van der Waals surface area contributed by atoms with Crippen LogP contribution >= 0.6 is 24.6 Å². The second-order valence-corrected chi connectivity index (χ2v) is 16.4. The molecule has 1 aromatic heterocycles. The molecule has 10 nitrogen and oxygen atoms in total. The number of nitrogens with one attached hydrogen (secondary N) is 1. The highest BCUT2D eigenvalue weighted by atomic mass is 31.3. The smallest absolute Gasteiger partial charge is 0.440 e. The first-order chi connectivity index (χ1) is 26.2. The van der Waals surface area contributed by atoms with Crippen molar-refractivity contribution in [1.29, 1.82) is 0 Å². The fraction of sp³-hybridized carbons (Fsp3) is 0. The quantitative estimate of drug-likeness (QED) is 0.123. The van der Waals surface area contributed by atoms with Gasteiger partial charge in [-0.25, -0.2) is 0 Å². The van der Waals surface area contributed by atoms with Gasteiger partial charge in [0.15, 0.2) is 0 Å². The van der Waals surface area contributed by atoms with Crippen molar-refractivity contribution in [1.82, 2.24) is 14.2 Å². The first-order valence-electron chi connectivity index (χ1n) is 16.6. The summed E-state index contributed by atoms with van der Waals surface area (Å²) in [4.78, 5) is 16.2. The molecule has 0 bridgehead atoms. The van der Waals surface area contributed by atoms with Crippen LogP contribution in [0.3, 0.4) is 0 Å². The molecule has 0 amide bonds. The van der Waals surface area contributed by atoms with Gasteiger partial charge in [-0.1, -0.05) is 109 Å². The maximum Gasteiger partial charge on any atom is 0.447 e. The van der Waals surface area contributed by atoms with Gasteiger partial charge in [-0.2, -0.15) is 0 Å². The molecule has 53 heavy (non-hydrogen) atoms. The maximum atomic E-state index is 6.88. The van der Waals surface area contributed by atoms with E-state index in [0.29, 0.717) is 34.5 Å². The van der Waals surface area contributed by atoms with Crippen molar-refractivity contribution in [2.24, 2.45) is 4.52 Å². The van der Waals surface area contributed by atoms with E-state index >= 15 is 0 Å². The topological polar surface area (TPSA) is 90.0 Å². The van der Waals surface area contributed by atoms with Crippen LogP contribution in [0.1, 0.15) is 0 Å². The summed E-state index contributed by atoms with van der Waals surface area (Å²) in [5.74, 6) is 3.27. The van der Waals surface area contributed by atoms with Gasteiger partial charge in [0.2, 0.25) is 0 Å². The van der Waals surface area contributed by atoms with E-state index in [9.17, 15) is 0 Å². The van der Waals surface area contributed by atoms with E-state index < -0.39 is 24.6 Å². The zero-order chi connectivity index (χ0) is 36.0. The number of aromatic amines is 1. The number of H-pyrrole nitrogens is 1. The lowest BCUT2D eigenvalue weighted by molar-refractivity contribution is 0.0545. The molecule has 0 spiro atoms. The van der Waals surface area contributed by atoms with Gasteiger partial charge in [-0.15, -0.1) is 4.52 Å². The number of hydrogen-bond donors (Lipinski definition) is 1. The SMILES string of the molecule is c1cc[nH]c1.c1ccc(ON2P(Oc3ccccc3)N=P(Oc3ccccc3)(Oc3ccccc3)N(Oc3ccccc3)P2Oc2ccccc2)cc1. The second-order valence-electron chi connectivity index (χ2n) is 10.9. The normalized spacial score (nSPS) is 16.5. The molecule has 0 radical (unpaired) electrons. The molecule has 0 aliphatic carbocycles. The maximum absolute atomic E-state index is 6.88. The van der Waals surface area contributed by atoms with Crippen molar-refractivity contribution in [3.05, 3.63) is 207 Å². The van der Waals surface area contributed by atoms with Crippen molar-refractivity contribution >= 4 is 24.6 Å². The van der Waals surface area contributed by atoms with Crippen LogP contribution in [0.15, 0.2) is 211 Å². The molecule has 0 saturated carbocycles. The van der Waals surface area contributed by atoms with E-state index in [-0.39, 0.29) is 0 Å². The van der Waals surface area contributed by atoms with Gasteiger partial charge >= 0.3 is 24.6 Å². The van der Waals surface area contributed by atoms with E-state index in [2.05, 4.69) is 4.98 Å². The third kappa shape index (κ3) is 9.85. The molecule has 0 fully saturated rings. The Bertz CT molecular complexity index is 2060. The molecular formula is C40H35N4O6P3. The zero-order valence-corrected chi connectivity index (χ0v) is 30.9. The lowest BCUT2D eigenvalue weighted by Crippen LogP contribution is -2.37. The second kappa shape index (κ2) is 18.3. The van der Waals surface area contributed by atoms with Crippen LogP contribution in [-0.4, -0.2) is 14.2 Å². The molecule has 0 saturated heterocycles. The van der Waals surface area contributed by atoms with Gasteiger partial charge in [0.25, 0.3) is 0 Å². The molecule has 8 rings (SSSR count). The van der Waals surface area contributed by atoms with Gasteiger partial charge < -0.3 is 32.8 Å². The summed E-state index contributed by atoms with van der Waals surface area (Å²) in [6, 6.07) is 60.3. The van der Waals surface area contributed by atoms with Gasteiger partial charge in [0.05, 0.1) is 0 Å². The lowest BCUT2D eigenvalue weighted by atomic mass is 10.3.